The number of fused-ring (bicyclic) bond motifs is 1. The van der Waals surface area contributed by atoms with Gasteiger partial charge in [0.25, 0.3) is 0 Å². The molecule has 0 fully saturated rings. The van der Waals surface area contributed by atoms with Gasteiger partial charge in [0.05, 0.1) is 12.8 Å². The van der Waals surface area contributed by atoms with Gasteiger partial charge in [0.15, 0.2) is 5.82 Å². The molecule has 1 N–H and O–H groups in total. The van der Waals surface area contributed by atoms with Gasteiger partial charge in [-0.05, 0) is 41.9 Å². The van der Waals surface area contributed by atoms with E-state index in [2.05, 4.69) is 47.3 Å². The molecule has 136 valence electrons. The van der Waals surface area contributed by atoms with Crippen LogP contribution in [0.25, 0.3) is 10.8 Å². The maximum absolute atomic E-state index is 6.01. The number of hydrogen-bond donors (Lipinski definition) is 1. The second kappa shape index (κ2) is 8.76. The summed E-state index contributed by atoms with van der Waals surface area (Å²) in [6.45, 7) is 4.96. The first-order valence-electron chi connectivity index (χ1n) is 9.09. The van der Waals surface area contributed by atoms with Crippen molar-refractivity contribution in [3.63, 3.8) is 0 Å². The quantitative estimate of drug-likeness (QED) is 0.341. The van der Waals surface area contributed by atoms with E-state index in [0.717, 1.165) is 53.6 Å². The lowest BCUT2D eigenvalue weighted by Crippen LogP contribution is -2.02. The molecule has 0 spiro atoms. The number of aromatic amines is 1. The fourth-order valence-corrected chi connectivity index (χ4v) is 3.00. The Hall–Kier alpha value is -2.47. The van der Waals surface area contributed by atoms with Crippen molar-refractivity contribution in [3.8, 4) is 5.75 Å². The zero-order chi connectivity index (χ0) is 18.4. The number of nitrogens with zero attached hydrogens (tertiary/aromatic N) is 3. The van der Waals surface area contributed by atoms with Crippen LogP contribution in [0.1, 0.15) is 44.5 Å². The van der Waals surface area contributed by atoms with Crippen LogP contribution < -0.4 is 4.74 Å². The summed E-state index contributed by atoms with van der Waals surface area (Å²) >= 11 is 5.32. The van der Waals surface area contributed by atoms with Crippen molar-refractivity contribution in [3.05, 3.63) is 52.6 Å². The highest BCUT2D eigenvalue weighted by atomic mass is 32.1. The highest BCUT2D eigenvalue weighted by Crippen LogP contribution is 2.27. The Morgan fingerprint density at radius 2 is 2.04 bits per heavy atom. The fraction of sp³-hybridized carbons (Fsp3) is 0.350. The van der Waals surface area contributed by atoms with Gasteiger partial charge in [-0.1, -0.05) is 50.6 Å². The SMILES string of the molecule is CCCCOc1ccc2ccccc2c1/C=N/n1c(CCC)n[nH]c1=S. The van der Waals surface area contributed by atoms with Crippen LogP contribution in [0.15, 0.2) is 41.5 Å². The molecule has 0 radical (unpaired) electrons. The third kappa shape index (κ3) is 4.02. The van der Waals surface area contributed by atoms with E-state index >= 15 is 0 Å². The van der Waals surface area contributed by atoms with Crippen molar-refractivity contribution in [1.82, 2.24) is 14.9 Å². The molecular weight excluding hydrogens is 344 g/mol. The van der Waals surface area contributed by atoms with E-state index in [0.29, 0.717) is 11.4 Å². The van der Waals surface area contributed by atoms with Crippen LogP contribution in [0.3, 0.4) is 0 Å². The van der Waals surface area contributed by atoms with Crippen LogP contribution in [0.2, 0.25) is 0 Å². The molecule has 1 aromatic heterocycles. The van der Waals surface area contributed by atoms with Crippen molar-refractivity contribution in [1.29, 1.82) is 0 Å². The highest BCUT2D eigenvalue weighted by Gasteiger charge is 2.09. The number of hydrogen-bond acceptors (Lipinski definition) is 4. The third-order valence-electron chi connectivity index (χ3n) is 4.18. The first kappa shape index (κ1) is 18.3. The predicted octanol–water partition coefficient (Wildman–Crippen LogP) is 5.11. The Balaban J connectivity index is 2.03. The summed E-state index contributed by atoms with van der Waals surface area (Å²) in [7, 11) is 0. The summed E-state index contributed by atoms with van der Waals surface area (Å²) < 4.78 is 8.20. The second-order valence-electron chi connectivity index (χ2n) is 6.15. The molecule has 0 bridgehead atoms. The molecule has 0 amide bonds. The fourth-order valence-electron chi connectivity index (χ4n) is 2.81. The number of rotatable bonds is 8. The standard InChI is InChI=1S/C20H24N4OS/c1-3-5-13-25-18-12-11-15-9-6-7-10-16(15)17(18)14-21-24-19(8-4-2)22-23-20(24)26/h6-7,9-12,14H,3-5,8,13H2,1-2H3,(H,23,26)/b21-14+. The smallest absolute Gasteiger partial charge is 0.216 e. The van der Waals surface area contributed by atoms with E-state index in [1.54, 1.807) is 4.68 Å². The molecule has 1 heterocycles. The van der Waals surface area contributed by atoms with Gasteiger partial charge in [-0.2, -0.15) is 14.9 Å². The molecule has 26 heavy (non-hydrogen) atoms. The van der Waals surface area contributed by atoms with Gasteiger partial charge < -0.3 is 4.74 Å². The van der Waals surface area contributed by atoms with Crippen molar-refractivity contribution in [2.45, 2.75) is 39.5 Å². The van der Waals surface area contributed by atoms with Gasteiger partial charge in [-0.25, -0.2) is 0 Å². The molecule has 2 aromatic carbocycles. The van der Waals surface area contributed by atoms with E-state index in [1.807, 2.05) is 24.4 Å². The minimum Gasteiger partial charge on any atom is -0.493 e. The lowest BCUT2D eigenvalue weighted by atomic mass is 10.0. The van der Waals surface area contributed by atoms with Crippen LogP contribution in [0, 0.1) is 4.77 Å². The van der Waals surface area contributed by atoms with E-state index in [1.165, 1.54) is 0 Å². The Morgan fingerprint density at radius 1 is 1.19 bits per heavy atom. The molecule has 0 aliphatic carbocycles. The molecular formula is C20H24N4OS. The van der Waals surface area contributed by atoms with E-state index in [-0.39, 0.29) is 0 Å². The number of unbranched alkanes of at least 4 members (excludes halogenated alkanes) is 1. The van der Waals surface area contributed by atoms with Gasteiger partial charge in [0.1, 0.15) is 5.75 Å². The number of benzene rings is 2. The topological polar surface area (TPSA) is 55.2 Å². The zero-order valence-corrected chi connectivity index (χ0v) is 16.1. The number of H-pyrrole nitrogens is 1. The van der Waals surface area contributed by atoms with E-state index in [9.17, 15) is 0 Å². The molecule has 0 aliphatic rings. The normalized spacial score (nSPS) is 11.5. The van der Waals surface area contributed by atoms with Gasteiger partial charge >= 0.3 is 0 Å². The van der Waals surface area contributed by atoms with Crippen LogP contribution in [0.4, 0.5) is 0 Å². The molecule has 0 aliphatic heterocycles. The van der Waals surface area contributed by atoms with Crippen molar-refractivity contribution >= 4 is 29.2 Å². The maximum atomic E-state index is 6.01. The number of nitrogens with one attached hydrogen (secondary N) is 1. The Morgan fingerprint density at radius 3 is 2.85 bits per heavy atom. The molecule has 0 saturated heterocycles. The molecule has 6 heteroatoms. The van der Waals surface area contributed by atoms with Gasteiger partial charge in [0.2, 0.25) is 4.77 Å². The Bertz CT molecular complexity index is 958. The van der Waals surface area contributed by atoms with Crippen LogP contribution in [0.5, 0.6) is 5.75 Å². The monoisotopic (exact) mass is 368 g/mol. The third-order valence-corrected chi connectivity index (χ3v) is 4.44. The predicted molar refractivity (Wildman–Crippen MR) is 109 cm³/mol. The molecule has 3 aromatic rings. The van der Waals surface area contributed by atoms with Gasteiger partial charge in [-0.15, -0.1) is 0 Å². The summed E-state index contributed by atoms with van der Waals surface area (Å²) in [5.41, 5.74) is 0.963. The zero-order valence-electron chi connectivity index (χ0n) is 15.2. The van der Waals surface area contributed by atoms with E-state index in [4.69, 9.17) is 17.0 Å². The first-order chi connectivity index (χ1) is 12.7. The summed E-state index contributed by atoms with van der Waals surface area (Å²) in [4.78, 5) is 0. The van der Waals surface area contributed by atoms with Crippen LogP contribution >= 0.6 is 12.2 Å². The number of aryl methyl sites for hydroxylation is 1. The Labute approximate surface area is 158 Å². The largest absolute Gasteiger partial charge is 0.493 e. The molecule has 0 atom stereocenters. The molecule has 0 saturated carbocycles. The second-order valence-corrected chi connectivity index (χ2v) is 6.54. The number of aromatic nitrogens is 3. The summed E-state index contributed by atoms with van der Waals surface area (Å²) in [6.07, 6.45) is 5.75. The minimum atomic E-state index is 0.499. The van der Waals surface area contributed by atoms with Gasteiger partial charge in [0, 0.05) is 12.0 Å². The van der Waals surface area contributed by atoms with E-state index < -0.39 is 0 Å². The highest BCUT2D eigenvalue weighted by molar-refractivity contribution is 7.71. The molecule has 0 unspecified atom stereocenters. The Kier molecular flexibility index (Phi) is 6.17. The summed E-state index contributed by atoms with van der Waals surface area (Å²) in [5, 5.41) is 14.0. The van der Waals surface area contributed by atoms with Crippen molar-refractivity contribution in [2.75, 3.05) is 6.61 Å². The summed E-state index contributed by atoms with van der Waals surface area (Å²) in [6, 6.07) is 12.3. The van der Waals surface area contributed by atoms with Crippen molar-refractivity contribution in [2.24, 2.45) is 5.10 Å². The van der Waals surface area contributed by atoms with Gasteiger partial charge in [-0.3, -0.25) is 5.10 Å². The summed E-state index contributed by atoms with van der Waals surface area (Å²) in [5.74, 6) is 1.68. The van der Waals surface area contributed by atoms with Crippen molar-refractivity contribution < 1.29 is 4.74 Å². The molecule has 3 rings (SSSR count). The average Bonchev–Trinajstić information content (AvgIpc) is 3.01. The first-order valence-corrected chi connectivity index (χ1v) is 9.50. The lowest BCUT2D eigenvalue weighted by Gasteiger charge is -2.11. The average molecular weight is 369 g/mol. The molecule has 5 nitrogen and oxygen atoms in total. The van der Waals surface area contributed by atoms with Crippen LogP contribution in [-0.2, 0) is 6.42 Å². The van der Waals surface area contributed by atoms with Crippen LogP contribution in [-0.4, -0.2) is 27.7 Å². The minimum absolute atomic E-state index is 0.499. The lowest BCUT2D eigenvalue weighted by molar-refractivity contribution is 0.309. The number of ether oxygens (including phenoxy) is 1. The maximum Gasteiger partial charge on any atom is 0.216 e.